The minimum atomic E-state index is 0.317. The minimum Gasteiger partial charge on any atom is -0.493 e. The molecule has 3 aromatic rings. The van der Waals surface area contributed by atoms with Crippen LogP contribution in [0.3, 0.4) is 0 Å². The summed E-state index contributed by atoms with van der Waals surface area (Å²) in [4.78, 5) is 14.5. The minimum absolute atomic E-state index is 0.317. The van der Waals surface area contributed by atoms with Gasteiger partial charge in [-0.15, -0.1) is 0 Å². The SMILES string of the molecule is COc1cc2nc(N3CCOCC3)nc(NC3CCN(Cc4ccccc4)C3)c2cc1OC. The van der Waals surface area contributed by atoms with Gasteiger partial charge in [0.05, 0.1) is 33.0 Å². The number of hydrogen-bond donors (Lipinski definition) is 1. The number of nitrogens with one attached hydrogen (secondary N) is 1. The first-order valence-electron chi connectivity index (χ1n) is 11.5. The first-order chi connectivity index (χ1) is 16.2. The number of nitrogens with zero attached hydrogens (tertiary/aromatic N) is 4. The van der Waals surface area contributed by atoms with Crippen molar-refractivity contribution in [3.8, 4) is 11.5 Å². The number of aromatic nitrogens is 2. The summed E-state index contributed by atoms with van der Waals surface area (Å²) in [6.45, 7) is 5.94. The summed E-state index contributed by atoms with van der Waals surface area (Å²) >= 11 is 0. The van der Waals surface area contributed by atoms with Gasteiger partial charge in [-0.1, -0.05) is 30.3 Å². The van der Waals surface area contributed by atoms with Crippen molar-refractivity contribution < 1.29 is 14.2 Å². The Morgan fingerprint density at radius 3 is 2.52 bits per heavy atom. The molecule has 0 bridgehead atoms. The Hall–Kier alpha value is -3.10. The van der Waals surface area contributed by atoms with E-state index in [0.717, 1.165) is 61.8 Å². The second-order valence-electron chi connectivity index (χ2n) is 8.55. The van der Waals surface area contributed by atoms with Crippen LogP contribution in [-0.2, 0) is 11.3 Å². The van der Waals surface area contributed by atoms with E-state index in [1.54, 1.807) is 14.2 Å². The van der Waals surface area contributed by atoms with Crippen molar-refractivity contribution in [1.29, 1.82) is 0 Å². The van der Waals surface area contributed by atoms with Crippen molar-refractivity contribution in [1.82, 2.24) is 14.9 Å². The third-order valence-electron chi connectivity index (χ3n) is 6.35. The largest absolute Gasteiger partial charge is 0.493 e. The number of fused-ring (bicyclic) bond motifs is 1. The lowest BCUT2D eigenvalue weighted by Gasteiger charge is -2.28. The first kappa shape index (κ1) is 21.7. The Kier molecular flexibility index (Phi) is 6.46. The van der Waals surface area contributed by atoms with Crippen LogP contribution in [0, 0.1) is 0 Å². The number of rotatable bonds is 7. The molecular weight excluding hydrogens is 418 g/mol. The lowest BCUT2D eigenvalue weighted by Crippen LogP contribution is -2.37. The number of likely N-dealkylation sites (tertiary alicyclic amines) is 1. The van der Waals surface area contributed by atoms with Crippen LogP contribution in [0.15, 0.2) is 42.5 Å². The molecule has 174 valence electrons. The van der Waals surface area contributed by atoms with Gasteiger partial charge in [0.25, 0.3) is 0 Å². The average Bonchev–Trinajstić information content (AvgIpc) is 3.30. The first-order valence-corrected chi connectivity index (χ1v) is 11.5. The fourth-order valence-corrected chi connectivity index (χ4v) is 4.59. The molecule has 5 rings (SSSR count). The van der Waals surface area contributed by atoms with Crippen LogP contribution in [0.2, 0.25) is 0 Å². The molecule has 1 N–H and O–H groups in total. The summed E-state index contributed by atoms with van der Waals surface area (Å²) in [6, 6.07) is 14.9. The van der Waals surface area contributed by atoms with E-state index in [2.05, 4.69) is 45.4 Å². The third kappa shape index (κ3) is 4.82. The summed E-state index contributed by atoms with van der Waals surface area (Å²) in [6.07, 6.45) is 1.07. The zero-order valence-corrected chi connectivity index (χ0v) is 19.3. The molecule has 3 heterocycles. The summed E-state index contributed by atoms with van der Waals surface area (Å²) in [5, 5.41) is 4.66. The summed E-state index contributed by atoms with van der Waals surface area (Å²) in [5.41, 5.74) is 2.18. The fraction of sp³-hybridized carbons (Fsp3) is 0.440. The van der Waals surface area contributed by atoms with Gasteiger partial charge in [0.1, 0.15) is 5.82 Å². The highest BCUT2D eigenvalue weighted by Crippen LogP contribution is 2.35. The molecule has 2 aliphatic heterocycles. The summed E-state index contributed by atoms with van der Waals surface area (Å²) in [7, 11) is 3.30. The molecule has 8 heteroatoms. The predicted molar refractivity (Wildman–Crippen MR) is 129 cm³/mol. The van der Waals surface area contributed by atoms with E-state index in [1.807, 2.05) is 12.1 Å². The number of benzene rings is 2. The van der Waals surface area contributed by atoms with Crippen molar-refractivity contribution in [2.24, 2.45) is 0 Å². The van der Waals surface area contributed by atoms with Crippen LogP contribution in [0.4, 0.5) is 11.8 Å². The Morgan fingerprint density at radius 1 is 1.00 bits per heavy atom. The Morgan fingerprint density at radius 2 is 1.76 bits per heavy atom. The molecule has 0 saturated carbocycles. The van der Waals surface area contributed by atoms with Crippen LogP contribution in [0.5, 0.6) is 11.5 Å². The predicted octanol–water partition coefficient (Wildman–Crippen LogP) is 3.17. The van der Waals surface area contributed by atoms with Crippen LogP contribution >= 0.6 is 0 Å². The second kappa shape index (κ2) is 9.80. The normalized spacial score (nSPS) is 19.1. The van der Waals surface area contributed by atoms with Crippen molar-refractivity contribution in [3.63, 3.8) is 0 Å². The van der Waals surface area contributed by atoms with Gasteiger partial charge in [0.2, 0.25) is 5.95 Å². The Labute approximate surface area is 194 Å². The van der Waals surface area contributed by atoms with Gasteiger partial charge in [0.15, 0.2) is 11.5 Å². The number of anilines is 2. The van der Waals surface area contributed by atoms with Crippen molar-refractivity contribution in [3.05, 3.63) is 48.0 Å². The van der Waals surface area contributed by atoms with E-state index >= 15 is 0 Å². The molecule has 2 aromatic carbocycles. The molecule has 33 heavy (non-hydrogen) atoms. The van der Waals surface area contributed by atoms with E-state index in [9.17, 15) is 0 Å². The molecular formula is C25H31N5O3. The second-order valence-corrected chi connectivity index (χ2v) is 8.55. The van der Waals surface area contributed by atoms with Gasteiger partial charge in [-0.3, -0.25) is 4.90 Å². The summed E-state index contributed by atoms with van der Waals surface area (Å²) in [5.74, 6) is 2.90. The zero-order valence-electron chi connectivity index (χ0n) is 19.3. The van der Waals surface area contributed by atoms with Crippen molar-refractivity contribution in [2.75, 3.05) is 63.8 Å². The molecule has 1 unspecified atom stereocenters. The van der Waals surface area contributed by atoms with Crippen molar-refractivity contribution in [2.45, 2.75) is 19.0 Å². The fourth-order valence-electron chi connectivity index (χ4n) is 4.59. The molecule has 1 aromatic heterocycles. The maximum atomic E-state index is 5.56. The van der Waals surface area contributed by atoms with Crippen LogP contribution in [0.25, 0.3) is 10.9 Å². The third-order valence-corrected chi connectivity index (χ3v) is 6.35. The van der Waals surface area contributed by atoms with E-state index in [4.69, 9.17) is 24.2 Å². The maximum absolute atomic E-state index is 5.56. The molecule has 2 saturated heterocycles. The molecule has 0 radical (unpaired) electrons. The maximum Gasteiger partial charge on any atom is 0.228 e. The van der Waals surface area contributed by atoms with Gasteiger partial charge in [-0.2, -0.15) is 4.98 Å². The molecule has 2 aliphatic rings. The van der Waals surface area contributed by atoms with Gasteiger partial charge in [-0.05, 0) is 18.1 Å². The molecule has 2 fully saturated rings. The smallest absolute Gasteiger partial charge is 0.228 e. The Bertz CT molecular complexity index is 1090. The number of hydrogen-bond acceptors (Lipinski definition) is 8. The van der Waals surface area contributed by atoms with Crippen LogP contribution in [0.1, 0.15) is 12.0 Å². The van der Waals surface area contributed by atoms with Crippen LogP contribution in [-0.4, -0.2) is 74.5 Å². The molecule has 0 aliphatic carbocycles. The monoisotopic (exact) mass is 449 g/mol. The van der Waals surface area contributed by atoms with E-state index in [1.165, 1.54) is 5.56 Å². The number of morpholine rings is 1. The van der Waals surface area contributed by atoms with Gasteiger partial charge >= 0.3 is 0 Å². The number of methoxy groups -OCH3 is 2. The standard InChI is InChI=1S/C25H31N5O3/c1-31-22-14-20-21(15-23(22)32-2)27-25(30-10-12-33-13-11-30)28-24(20)26-19-8-9-29(17-19)16-18-6-4-3-5-7-18/h3-7,14-15,19H,8-13,16-17H2,1-2H3,(H,26,27,28). The van der Waals surface area contributed by atoms with E-state index in [0.29, 0.717) is 30.8 Å². The molecule has 0 spiro atoms. The van der Waals surface area contributed by atoms with Gasteiger partial charge in [0, 0.05) is 50.2 Å². The lowest BCUT2D eigenvalue weighted by atomic mass is 10.2. The highest BCUT2D eigenvalue weighted by molar-refractivity contribution is 5.93. The quantitative estimate of drug-likeness (QED) is 0.590. The highest BCUT2D eigenvalue weighted by atomic mass is 16.5. The van der Waals surface area contributed by atoms with Gasteiger partial charge < -0.3 is 24.4 Å². The van der Waals surface area contributed by atoms with E-state index in [-0.39, 0.29) is 0 Å². The zero-order chi connectivity index (χ0) is 22.6. The molecule has 1 atom stereocenters. The lowest BCUT2D eigenvalue weighted by molar-refractivity contribution is 0.122. The van der Waals surface area contributed by atoms with Crippen LogP contribution < -0.4 is 19.7 Å². The van der Waals surface area contributed by atoms with Crippen molar-refractivity contribution >= 4 is 22.7 Å². The topological polar surface area (TPSA) is 72.0 Å². The number of ether oxygens (including phenoxy) is 3. The molecule has 8 nitrogen and oxygen atoms in total. The van der Waals surface area contributed by atoms with E-state index < -0.39 is 0 Å². The highest BCUT2D eigenvalue weighted by Gasteiger charge is 2.25. The Balaban J connectivity index is 1.42. The molecule has 0 amide bonds. The average molecular weight is 450 g/mol. The summed E-state index contributed by atoms with van der Waals surface area (Å²) < 4.78 is 16.6. The van der Waals surface area contributed by atoms with Gasteiger partial charge in [-0.25, -0.2) is 4.98 Å².